The molecule has 0 fully saturated rings. The number of hydrogen-bond donors (Lipinski definition) is 4. The van der Waals surface area contributed by atoms with Crippen LogP contribution in [0.1, 0.15) is 47.0 Å². The van der Waals surface area contributed by atoms with Gasteiger partial charge in [-0.3, -0.25) is 4.79 Å². The highest BCUT2D eigenvalue weighted by molar-refractivity contribution is 5.73. The number of hydrogen-bond acceptors (Lipinski definition) is 8. The Kier molecular flexibility index (Phi) is 23.1. The van der Waals surface area contributed by atoms with E-state index in [-0.39, 0.29) is 19.2 Å². The van der Waals surface area contributed by atoms with Crippen LogP contribution >= 0.6 is 0 Å². The predicted molar refractivity (Wildman–Crippen MR) is 79.8 cm³/mol. The van der Waals surface area contributed by atoms with E-state index in [1.165, 1.54) is 13.8 Å². The lowest BCUT2D eigenvalue weighted by Crippen LogP contribution is -2.25. The molecule has 0 aliphatic carbocycles. The second-order valence-corrected chi connectivity index (χ2v) is 4.08. The van der Waals surface area contributed by atoms with Crippen LogP contribution in [0.2, 0.25) is 0 Å². The van der Waals surface area contributed by atoms with Gasteiger partial charge in [0, 0.05) is 26.6 Å². The predicted octanol–water partition coefficient (Wildman–Crippen LogP) is -0.0406. The summed E-state index contributed by atoms with van der Waals surface area (Å²) in [6.07, 6.45) is -0.615. The quantitative estimate of drug-likeness (QED) is 0.378. The Morgan fingerprint density at radius 1 is 1.09 bits per heavy atom. The fourth-order valence-corrected chi connectivity index (χ4v) is 0.812. The van der Waals surface area contributed by atoms with Gasteiger partial charge in [0.2, 0.25) is 6.29 Å². The van der Waals surface area contributed by atoms with E-state index in [1.807, 2.05) is 6.92 Å². The first-order valence-corrected chi connectivity index (χ1v) is 7.18. The van der Waals surface area contributed by atoms with Crippen LogP contribution in [-0.4, -0.2) is 64.6 Å². The van der Waals surface area contributed by atoms with Crippen molar-refractivity contribution in [3.63, 3.8) is 0 Å². The Hall–Kier alpha value is -1.22. The van der Waals surface area contributed by atoms with Crippen molar-refractivity contribution < 1.29 is 39.5 Å². The van der Waals surface area contributed by atoms with Gasteiger partial charge in [0.25, 0.3) is 0 Å². The van der Waals surface area contributed by atoms with Crippen molar-refractivity contribution >= 4 is 11.9 Å². The van der Waals surface area contributed by atoms with E-state index < -0.39 is 18.4 Å². The first-order valence-electron chi connectivity index (χ1n) is 7.18. The summed E-state index contributed by atoms with van der Waals surface area (Å²) in [5, 5.41) is 33.4. The van der Waals surface area contributed by atoms with Gasteiger partial charge in [0.1, 0.15) is 6.10 Å². The lowest BCUT2D eigenvalue weighted by atomic mass is 10.3. The van der Waals surface area contributed by atoms with Crippen molar-refractivity contribution in [1.82, 2.24) is 0 Å². The third-order valence-electron chi connectivity index (χ3n) is 1.79. The molecule has 2 atom stereocenters. The van der Waals surface area contributed by atoms with E-state index in [9.17, 15) is 9.59 Å². The monoisotopic (exact) mass is 326 g/mol. The number of ether oxygens (including phenoxy) is 2. The molecule has 0 saturated heterocycles. The van der Waals surface area contributed by atoms with Crippen LogP contribution in [0.5, 0.6) is 0 Å². The summed E-state index contributed by atoms with van der Waals surface area (Å²) in [5.41, 5.74) is 0. The molecule has 0 amide bonds. The Morgan fingerprint density at radius 2 is 1.59 bits per heavy atom. The van der Waals surface area contributed by atoms with Gasteiger partial charge in [-0.2, -0.15) is 0 Å². The van der Waals surface area contributed by atoms with E-state index in [0.29, 0.717) is 19.4 Å². The van der Waals surface area contributed by atoms with E-state index in [2.05, 4.69) is 9.47 Å². The Bertz CT molecular complexity index is 253. The van der Waals surface area contributed by atoms with Crippen LogP contribution in [0.3, 0.4) is 0 Å². The normalized spacial score (nSPS) is 11.8. The molecule has 0 radical (unpaired) electrons. The Balaban J connectivity index is -0.000000277. The number of esters is 2. The van der Waals surface area contributed by atoms with Gasteiger partial charge in [-0.1, -0.05) is 13.3 Å². The van der Waals surface area contributed by atoms with Gasteiger partial charge < -0.3 is 29.9 Å². The van der Waals surface area contributed by atoms with Crippen molar-refractivity contribution in [1.29, 1.82) is 0 Å². The standard InChI is InChI=1S/C7H14O4.C4H8O2.C3H8O2/c1-3-4-6(9)11-7(10)5(2)8;1-3-6-4(2)5;4-2-1-3-5/h5-6,8-9H,3-4H2,1-2H3;3H2,1-2H3;4-5H,1-3H2. The summed E-state index contributed by atoms with van der Waals surface area (Å²) >= 11 is 0. The van der Waals surface area contributed by atoms with Gasteiger partial charge in [0.05, 0.1) is 6.61 Å². The summed E-state index contributed by atoms with van der Waals surface area (Å²) in [6, 6.07) is 0. The summed E-state index contributed by atoms with van der Waals surface area (Å²) in [6.45, 7) is 6.99. The molecular formula is C14H30O8. The van der Waals surface area contributed by atoms with Crippen LogP contribution in [0, 0.1) is 0 Å². The van der Waals surface area contributed by atoms with E-state index in [4.69, 9.17) is 20.4 Å². The van der Waals surface area contributed by atoms with Crippen LogP contribution in [0.25, 0.3) is 0 Å². The minimum atomic E-state index is -1.17. The second-order valence-electron chi connectivity index (χ2n) is 4.08. The average Bonchev–Trinajstić information content (AvgIpc) is 2.40. The van der Waals surface area contributed by atoms with Gasteiger partial charge in [0.15, 0.2) is 0 Å². The zero-order valence-corrected chi connectivity index (χ0v) is 13.8. The van der Waals surface area contributed by atoms with Crippen LogP contribution < -0.4 is 0 Å². The van der Waals surface area contributed by atoms with Crippen molar-refractivity contribution in [2.24, 2.45) is 0 Å². The highest BCUT2D eigenvalue weighted by Crippen LogP contribution is 1.99. The molecule has 0 heterocycles. The van der Waals surface area contributed by atoms with Gasteiger partial charge in [-0.05, 0) is 20.3 Å². The summed E-state index contributed by atoms with van der Waals surface area (Å²) in [5.74, 6) is -0.997. The highest BCUT2D eigenvalue weighted by atomic mass is 16.6. The maximum atomic E-state index is 10.6. The molecule has 2 unspecified atom stereocenters. The summed E-state index contributed by atoms with van der Waals surface area (Å²) < 4.78 is 8.82. The largest absolute Gasteiger partial charge is 0.466 e. The Labute approximate surface area is 131 Å². The number of rotatable bonds is 7. The maximum Gasteiger partial charge on any atom is 0.336 e. The molecule has 134 valence electrons. The van der Waals surface area contributed by atoms with Crippen LogP contribution in [-0.2, 0) is 19.1 Å². The first kappa shape index (κ1) is 25.7. The zero-order chi connectivity index (χ0) is 18.0. The maximum absolute atomic E-state index is 10.6. The molecule has 0 aromatic rings. The SMILES string of the molecule is CCCC(O)OC(=O)C(C)O.CCOC(C)=O.OCCCO. The average molecular weight is 326 g/mol. The molecule has 4 N–H and O–H groups in total. The van der Waals surface area contributed by atoms with E-state index in [1.54, 1.807) is 6.92 Å². The molecule has 0 aromatic heterocycles. The number of aliphatic hydroxyl groups excluding tert-OH is 4. The minimum Gasteiger partial charge on any atom is -0.466 e. The molecule has 0 aliphatic heterocycles. The van der Waals surface area contributed by atoms with Gasteiger partial charge in [-0.25, -0.2) is 4.79 Å². The first-order chi connectivity index (χ1) is 10.3. The van der Waals surface area contributed by atoms with E-state index in [0.717, 1.165) is 6.42 Å². The molecule has 0 saturated carbocycles. The zero-order valence-electron chi connectivity index (χ0n) is 13.8. The third kappa shape index (κ3) is 27.2. The fourth-order valence-electron chi connectivity index (χ4n) is 0.812. The van der Waals surface area contributed by atoms with Crippen molar-refractivity contribution in [3.8, 4) is 0 Å². The lowest BCUT2D eigenvalue weighted by Gasteiger charge is -2.11. The molecule has 0 rings (SSSR count). The minimum absolute atomic E-state index is 0.0938. The van der Waals surface area contributed by atoms with Crippen LogP contribution in [0.4, 0.5) is 0 Å². The topological polar surface area (TPSA) is 134 Å². The molecule has 22 heavy (non-hydrogen) atoms. The lowest BCUT2D eigenvalue weighted by molar-refractivity contribution is -0.177. The van der Waals surface area contributed by atoms with Gasteiger partial charge >= 0.3 is 11.9 Å². The fraction of sp³-hybridized carbons (Fsp3) is 0.857. The Morgan fingerprint density at radius 3 is 1.77 bits per heavy atom. The second kappa shape index (κ2) is 19.8. The number of aliphatic hydroxyl groups is 4. The molecular weight excluding hydrogens is 296 g/mol. The van der Waals surface area contributed by atoms with Crippen molar-refractivity contribution in [2.45, 2.75) is 59.4 Å². The number of carbonyl (C=O) groups is 2. The highest BCUT2D eigenvalue weighted by Gasteiger charge is 2.14. The molecule has 0 bridgehead atoms. The summed E-state index contributed by atoms with van der Waals surface area (Å²) in [4.78, 5) is 20.4. The molecule has 0 spiro atoms. The summed E-state index contributed by atoms with van der Waals surface area (Å²) in [7, 11) is 0. The van der Waals surface area contributed by atoms with Crippen LogP contribution in [0.15, 0.2) is 0 Å². The van der Waals surface area contributed by atoms with Crippen molar-refractivity contribution in [3.05, 3.63) is 0 Å². The van der Waals surface area contributed by atoms with Gasteiger partial charge in [-0.15, -0.1) is 0 Å². The molecule has 8 heteroatoms. The molecule has 8 nitrogen and oxygen atoms in total. The van der Waals surface area contributed by atoms with E-state index >= 15 is 0 Å². The van der Waals surface area contributed by atoms with Crippen molar-refractivity contribution in [2.75, 3.05) is 19.8 Å². The third-order valence-corrected chi connectivity index (χ3v) is 1.79. The number of carbonyl (C=O) groups excluding carboxylic acids is 2. The smallest absolute Gasteiger partial charge is 0.336 e. The molecule has 0 aromatic carbocycles. The molecule has 0 aliphatic rings.